The molecule has 0 bridgehead atoms. The number of nitrogens with zero attached hydrogens (tertiary/aromatic N) is 2. The highest BCUT2D eigenvalue weighted by molar-refractivity contribution is 5.85. The molecule has 1 unspecified atom stereocenters. The van der Waals surface area contributed by atoms with Crippen molar-refractivity contribution in [1.82, 2.24) is 4.90 Å². The largest absolute Gasteiger partial charge is 0.469 e. The molecule has 20 heavy (non-hydrogen) atoms. The van der Waals surface area contributed by atoms with Gasteiger partial charge in [-0.05, 0) is 12.8 Å². The molecule has 1 saturated carbocycles. The molecule has 5 nitrogen and oxygen atoms in total. The van der Waals surface area contributed by atoms with E-state index in [1.807, 2.05) is 0 Å². The third-order valence-electron chi connectivity index (χ3n) is 4.08. The monoisotopic (exact) mass is 280 g/mol. The molecule has 0 N–H and O–H groups in total. The first-order valence-corrected chi connectivity index (χ1v) is 7.21. The number of ether oxygens (including phenoxy) is 1. The van der Waals surface area contributed by atoms with Crippen LogP contribution in [0.5, 0.6) is 0 Å². The van der Waals surface area contributed by atoms with Gasteiger partial charge in [-0.3, -0.25) is 9.59 Å². The molecule has 0 radical (unpaired) electrons. The van der Waals surface area contributed by atoms with Crippen molar-refractivity contribution in [1.29, 1.82) is 5.26 Å². The maximum atomic E-state index is 12.6. The Morgan fingerprint density at radius 1 is 1.30 bits per heavy atom. The van der Waals surface area contributed by atoms with Crippen molar-refractivity contribution in [2.75, 3.05) is 20.7 Å². The topological polar surface area (TPSA) is 70.4 Å². The lowest BCUT2D eigenvalue weighted by molar-refractivity contribution is -0.147. The predicted octanol–water partition coefficient (Wildman–Crippen LogP) is 2.12. The summed E-state index contributed by atoms with van der Waals surface area (Å²) in [4.78, 5) is 25.5. The van der Waals surface area contributed by atoms with Crippen LogP contribution < -0.4 is 0 Å². The van der Waals surface area contributed by atoms with Crippen molar-refractivity contribution in [3.8, 4) is 6.07 Å². The third kappa shape index (κ3) is 3.72. The molecular formula is C15H24N2O3. The number of esters is 1. The minimum Gasteiger partial charge on any atom is -0.469 e. The van der Waals surface area contributed by atoms with E-state index in [1.54, 1.807) is 14.0 Å². The van der Waals surface area contributed by atoms with Crippen molar-refractivity contribution in [2.24, 2.45) is 11.3 Å². The van der Waals surface area contributed by atoms with E-state index in [0.29, 0.717) is 12.8 Å². The lowest BCUT2D eigenvalue weighted by atomic mass is 9.80. The molecule has 1 aliphatic carbocycles. The Labute approximate surface area is 120 Å². The number of hydrogen-bond acceptors (Lipinski definition) is 4. The molecule has 1 atom stereocenters. The van der Waals surface area contributed by atoms with Crippen molar-refractivity contribution >= 4 is 11.9 Å². The van der Waals surface area contributed by atoms with Gasteiger partial charge >= 0.3 is 5.97 Å². The van der Waals surface area contributed by atoms with Crippen LogP contribution in [0.4, 0.5) is 0 Å². The molecule has 1 aliphatic rings. The van der Waals surface area contributed by atoms with Gasteiger partial charge in [-0.2, -0.15) is 5.26 Å². The summed E-state index contributed by atoms with van der Waals surface area (Å²) in [6.45, 7) is 2.01. The average molecular weight is 280 g/mol. The highest BCUT2D eigenvalue weighted by Crippen LogP contribution is 2.36. The Bertz CT molecular complexity index is 392. The van der Waals surface area contributed by atoms with Gasteiger partial charge in [0.1, 0.15) is 5.41 Å². The van der Waals surface area contributed by atoms with Crippen LogP contribution in [0.25, 0.3) is 0 Å². The SMILES string of the molecule is COC(=O)C(C)CN(C)C(=O)C1(C#N)CCCCCC1. The number of methoxy groups -OCH3 is 1. The van der Waals surface area contributed by atoms with Crippen LogP contribution in [0.2, 0.25) is 0 Å². The lowest BCUT2D eigenvalue weighted by Gasteiger charge is -2.30. The van der Waals surface area contributed by atoms with Crippen molar-refractivity contribution in [2.45, 2.75) is 45.4 Å². The van der Waals surface area contributed by atoms with E-state index in [1.165, 1.54) is 12.0 Å². The Kier molecular flexibility index (Phi) is 6.00. The van der Waals surface area contributed by atoms with Crippen LogP contribution >= 0.6 is 0 Å². The van der Waals surface area contributed by atoms with Gasteiger partial charge in [-0.1, -0.05) is 32.6 Å². The minimum atomic E-state index is -0.902. The fraction of sp³-hybridized carbons (Fsp3) is 0.800. The summed E-state index contributed by atoms with van der Waals surface area (Å²) in [5.41, 5.74) is -0.902. The Morgan fingerprint density at radius 3 is 2.30 bits per heavy atom. The molecule has 0 heterocycles. The van der Waals surface area contributed by atoms with Gasteiger partial charge in [0, 0.05) is 13.6 Å². The first-order chi connectivity index (χ1) is 9.46. The smallest absolute Gasteiger partial charge is 0.310 e. The third-order valence-corrected chi connectivity index (χ3v) is 4.08. The Morgan fingerprint density at radius 2 is 1.85 bits per heavy atom. The molecule has 0 aromatic rings. The number of amides is 1. The van der Waals surface area contributed by atoms with Crippen LogP contribution in [0.3, 0.4) is 0 Å². The molecule has 0 aromatic heterocycles. The zero-order valence-electron chi connectivity index (χ0n) is 12.6. The summed E-state index contributed by atoms with van der Waals surface area (Å²) < 4.78 is 4.67. The number of carbonyl (C=O) groups excluding carboxylic acids is 2. The maximum absolute atomic E-state index is 12.6. The summed E-state index contributed by atoms with van der Waals surface area (Å²) in [6.07, 6.45) is 5.25. The molecule has 112 valence electrons. The standard InChI is InChI=1S/C15H24N2O3/c1-12(13(18)20-3)10-17(2)14(19)15(11-16)8-6-4-5-7-9-15/h12H,4-10H2,1-3H3. The highest BCUT2D eigenvalue weighted by Gasteiger charge is 2.41. The van der Waals surface area contributed by atoms with E-state index in [-0.39, 0.29) is 24.3 Å². The highest BCUT2D eigenvalue weighted by atomic mass is 16.5. The average Bonchev–Trinajstić information content (AvgIpc) is 2.71. The molecule has 0 spiro atoms. The molecular weight excluding hydrogens is 256 g/mol. The molecule has 0 saturated heterocycles. The van der Waals surface area contributed by atoms with Gasteiger partial charge in [-0.25, -0.2) is 0 Å². The number of hydrogen-bond donors (Lipinski definition) is 0. The molecule has 1 fully saturated rings. The van der Waals surface area contributed by atoms with E-state index in [2.05, 4.69) is 10.8 Å². The van der Waals surface area contributed by atoms with Gasteiger partial charge in [0.2, 0.25) is 5.91 Å². The van der Waals surface area contributed by atoms with Gasteiger partial charge in [-0.15, -0.1) is 0 Å². The summed E-state index contributed by atoms with van der Waals surface area (Å²) in [6, 6.07) is 2.25. The predicted molar refractivity (Wildman–Crippen MR) is 74.6 cm³/mol. The molecule has 5 heteroatoms. The van der Waals surface area contributed by atoms with E-state index >= 15 is 0 Å². The van der Waals surface area contributed by atoms with Crippen molar-refractivity contribution in [3.05, 3.63) is 0 Å². The van der Waals surface area contributed by atoms with Gasteiger partial charge in [0.15, 0.2) is 0 Å². The van der Waals surface area contributed by atoms with Crippen molar-refractivity contribution in [3.63, 3.8) is 0 Å². The van der Waals surface area contributed by atoms with Gasteiger partial charge in [0.25, 0.3) is 0 Å². The minimum absolute atomic E-state index is 0.155. The first-order valence-electron chi connectivity index (χ1n) is 7.21. The summed E-state index contributed by atoms with van der Waals surface area (Å²) in [5, 5.41) is 9.49. The maximum Gasteiger partial charge on any atom is 0.310 e. The number of rotatable bonds is 4. The molecule has 1 amide bonds. The quantitative estimate of drug-likeness (QED) is 0.584. The number of carbonyl (C=O) groups is 2. The van der Waals surface area contributed by atoms with E-state index in [4.69, 9.17) is 0 Å². The Balaban J connectivity index is 2.75. The summed E-state index contributed by atoms with van der Waals surface area (Å²) >= 11 is 0. The summed E-state index contributed by atoms with van der Waals surface area (Å²) in [5.74, 6) is -0.871. The fourth-order valence-electron chi connectivity index (χ4n) is 2.84. The van der Waals surface area contributed by atoms with Gasteiger partial charge in [0.05, 0.1) is 19.1 Å². The second kappa shape index (κ2) is 7.28. The second-order valence-electron chi connectivity index (χ2n) is 5.72. The van der Waals surface area contributed by atoms with E-state index < -0.39 is 5.41 Å². The first kappa shape index (κ1) is 16.5. The lowest BCUT2D eigenvalue weighted by Crippen LogP contribution is -2.43. The molecule has 0 aromatic carbocycles. The Hall–Kier alpha value is -1.57. The zero-order valence-corrected chi connectivity index (χ0v) is 12.6. The normalized spacial score (nSPS) is 19.3. The van der Waals surface area contributed by atoms with Crippen molar-refractivity contribution < 1.29 is 14.3 Å². The van der Waals surface area contributed by atoms with E-state index in [0.717, 1.165) is 25.7 Å². The number of nitriles is 1. The second-order valence-corrected chi connectivity index (χ2v) is 5.72. The van der Waals surface area contributed by atoms with Crippen LogP contribution in [0, 0.1) is 22.7 Å². The zero-order chi connectivity index (χ0) is 15.2. The van der Waals surface area contributed by atoms with Crippen LogP contribution in [0.15, 0.2) is 0 Å². The molecule has 0 aliphatic heterocycles. The van der Waals surface area contributed by atoms with Crippen LogP contribution in [-0.4, -0.2) is 37.5 Å². The summed E-state index contributed by atoms with van der Waals surface area (Å²) in [7, 11) is 2.99. The van der Waals surface area contributed by atoms with Gasteiger partial charge < -0.3 is 9.64 Å². The molecule has 1 rings (SSSR count). The van der Waals surface area contributed by atoms with E-state index in [9.17, 15) is 14.9 Å². The fourth-order valence-corrected chi connectivity index (χ4v) is 2.84. The van der Waals surface area contributed by atoms with Crippen LogP contribution in [0.1, 0.15) is 45.4 Å². The van der Waals surface area contributed by atoms with Crippen LogP contribution in [-0.2, 0) is 14.3 Å².